The molecule has 6 nitrogen and oxygen atoms in total. The number of hydrogen-bond donors (Lipinski definition) is 1. The smallest absolute Gasteiger partial charge is 0.165 e. The summed E-state index contributed by atoms with van der Waals surface area (Å²) in [6.45, 7) is 4.33. The molecule has 0 aromatic carbocycles. The molecule has 0 spiro atoms. The van der Waals surface area contributed by atoms with Gasteiger partial charge in [0.25, 0.3) is 0 Å². The Morgan fingerprint density at radius 2 is 2.35 bits per heavy atom. The van der Waals surface area contributed by atoms with E-state index in [2.05, 4.69) is 34.0 Å². The minimum Gasteiger partial charge on any atom is -0.383 e. The summed E-state index contributed by atoms with van der Waals surface area (Å²) in [6.07, 6.45) is 3.19. The van der Waals surface area contributed by atoms with Crippen LogP contribution in [-0.4, -0.2) is 52.5 Å². The summed E-state index contributed by atoms with van der Waals surface area (Å²) in [4.78, 5) is 0. The summed E-state index contributed by atoms with van der Waals surface area (Å²) >= 11 is 1.84. The number of hydrogen-bond acceptors (Lipinski definition) is 6. The van der Waals surface area contributed by atoms with Crippen molar-refractivity contribution in [2.75, 3.05) is 32.3 Å². The van der Waals surface area contributed by atoms with Crippen LogP contribution in [0.3, 0.4) is 0 Å². The first kappa shape index (κ1) is 14.4. The third kappa shape index (κ3) is 5.01. The minimum atomic E-state index is 0.344. The Bertz CT molecular complexity index is 307. The molecule has 7 heteroatoms. The van der Waals surface area contributed by atoms with Gasteiger partial charge in [-0.05, 0) is 35.8 Å². The molecule has 1 atom stereocenters. The van der Waals surface area contributed by atoms with Gasteiger partial charge in [-0.1, -0.05) is 0 Å². The van der Waals surface area contributed by atoms with E-state index in [1.165, 1.54) is 0 Å². The van der Waals surface area contributed by atoms with Crippen LogP contribution in [-0.2, 0) is 11.3 Å². The van der Waals surface area contributed by atoms with Crippen LogP contribution in [0.5, 0.6) is 0 Å². The maximum absolute atomic E-state index is 4.97. The largest absolute Gasteiger partial charge is 0.383 e. The highest BCUT2D eigenvalue weighted by Crippen LogP contribution is 2.13. The van der Waals surface area contributed by atoms with Crippen LogP contribution in [0, 0.1) is 0 Å². The van der Waals surface area contributed by atoms with Crippen LogP contribution in [0.2, 0.25) is 0 Å². The van der Waals surface area contributed by atoms with Gasteiger partial charge in [0.15, 0.2) is 5.82 Å². The van der Waals surface area contributed by atoms with Crippen LogP contribution in [0.25, 0.3) is 0 Å². The predicted octanol–water partition coefficient (Wildman–Crippen LogP) is 0.723. The van der Waals surface area contributed by atoms with Gasteiger partial charge in [-0.2, -0.15) is 11.8 Å². The molecule has 98 valence electrons. The molecule has 0 aliphatic rings. The standard InChI is InChI=1S/C10H21N5OS/c1-9(4-7-17-3)15-10(12-13-14-15)8-11-5-6-16-2/h9,11H,4-8H2,1-3H3. The maximum Gasteiger partial charge on any atom is 0.165 e. The molecule has 0 bridgehead atoms. The maximum atomic E-state index is 4.97. The lowest BCUT2D eigenvalue weighted by Crippen LogP contribution is -2.22. The normalized spacial score (nSPS) is 12.9. The molecule has 0 aliphatic carbocycles. The lowest BCUT2D eigenvalue weighted by Gasteiger charge is -2.12. The van der Waals surface area contributed by atoms with E-state index in [1.54, 1.807) is 7.11 Å². The Hall–Kier alpha value is -0.660. The zero-order chi connectivity index (χ0) is 12.5. The fourth-order valence-electron chi connectivity index (χ4n) is 1.46. The second-order valence-corrected chi connectivity index (χ2v) is 4.83. The van der Waals surface area contributed by atoms with E-state index >= 15 is 0 Å². The van der Waals surface area contributed by atoms with Crippen molar-refractivity contribution >= 4 is 11.8 Å². The van der Waals surface area contributed by atoms with Crippen LogP contribution >= 0.6 is 11.8 Å². The molecular weight excluding hydrogens is 238 g/mol. The fraction of sp³-hybridized carbons (Fsp3) is 0.900. The van der Waals surface area contributed by atoms with Crippen molar-refractivity contribution in [3.63, 3.8) is 0 Å². The summed E-state index contributed by atoms with van der Waals surface area (Å²) < 4.78 is 6.87. The third-order valence-electron chi connectivity index (χ3n) is 2.48. The Kier molecular flexibility index (Phi) is 7.14. The van der Waals surface area contributed by atoms with E-state index < -0.39 is 0 Å². The predicted molar refractivity (Wildman–Crippen MR) is 69.1 cm³/mol. The van der Waals surface area contributed by atoms with Crippen molar-refractivity contribution in [3.8, 4) is 0 Å². The molecule has 1 rings (SSSR count). The number of thioether (sulfide) groups is 1. The van der Waals surface area contributed by atoms with Gasteiger partial charge < -0.3 is 10.1 Å². The molecule has 17 heavy (non-hydrogen) atoms. The van der Waals surface area contributed by atoms with Crippen molar-refractivity contribution in [3.05, 3.63) is 5.82 Å². The van der Waals surface area contributed by atoms with Gasteiger partial charge in [-0.15, -0.1) is 5.10 Å². The summed E-state index contributed by atoms with van der Waals surface area (Å²) in [5, 5.41) is 15.1. The van der Waals surface area contributed by atoms with Gasteiger partial charge in [0.05, 0.1) is 19.2 Å². The average molecular weight is 259 g/mol. The SMILES string of the molecule is COCCNCc1nnnn1C(C)CCSC. The lowest BCUT2D eigenvalue weighted by molar-refractivity contribution is 0.198. The molecule has 0 amide bonds. The quantitative estimate of drug-likeness (QED) is 0.659. The number of rotatable bonds is 9. The van der Waals surface area contributed by atoms with E-state index in [0.717, 1.165) is 24.5 Å². The third-order valence-corrected chi connectivity index (χ3v) is 3.13. The molecule has 1 aromatic rings. The summed E-state index contributed by atoms with van der Waals surface area (Å²) in [5.41, 5.74) is 0. The first-order valence-electron chi connectivity index (χ1n) is 5.75. The van der Waals surface area contributed by atoms with Crippen LogP contribution in [0.1, 0.15) is 25.2 Å². The summed E-state index contributed by atoms with van der Waals surface area (Å²) in [7, 11) is 1.69. The van der Waals surface area contributed by atoms with Crippen molar-refractivity contribution in [1.29, 1.82) is 0 Å². The highest BCUT2D eigenvalue weighted by Gasteiger charge is 2.11. The molecule has 0 saturated carbocycles. The highest BCUT2D eigenvalue weighted by atomic mass is 32.2. The van der Waals surface area contributed by atoms with Gasteiger partial charge in [-0.3, -0.25) is 0 Å². The van der Waals surface area contributed by atoms with Crippen molar-refractivity contribution in [1.82, 2.24) is 25.5 Å². The van der Waals surface area contributed by atoms with Crippen molar-refractivity contribution in [2.24, 2.45) is 0 Å². The molecule has 0 fully saturated rings. The number of ether oxygens (including phenoxy) is 1. The number of methoxy groups -OCH3 is 1. The monoisotopic (exact) mass is 259 g/mol. The molecule has 1 unspecified atom stereocenters. The number of aromatic nitrogens is 4. The molecule has 0 aliphatic heterocycles. The Morgan fingerprint density at radius 3 is 3.06 bits per heavy atom. The second-order valence-electron chi connectivity index (χ2n) is 3.84. The Balaban J connectivity index is 2.41. The summed E-state index contributed by atoms with van der Waals surface area (Å²) in [6, 6.07) is 0.344. The van der Waals surface area contributed by atoms with E-state index in [0.29, 0.717) is 19.2 Å². The lowest BCUT2D eigenvalue weighted by atomic mass is 10.2. The van der Waals surface area contributed by atoms with E-state index in [4.69, 9.17) is 4.74 Å². The number of tetrazole rings is 1. The molecule has 1 N–H and O–H groups in total. The first-order chi connectivity index (χ1) is 8.29. The molecule has 0 saturated heterocycles. The van der Waals surface area contributed by atoms with Gasteiger partial charge in [0.1, 0.15) is 0 Å². The van der Waals surface area contributed by atoms with E-state index in [1.807, 2.05) is 16.4 Å². The fourth-order valence-corrected chi connectivity index (χ4v) is 2.03. The molecule has 0 radical (unpaired) electrons. The van der Waals surface area contributed by atoms with Crippen LogP contribution in [0.15, 0.2) is 0 Å². The van der Waals surface area contributed by atoms with Crippen molar-refractivity contribution < 1.29 is 4.74 Å². The van der Waals surface area contributed by atoms with Gasteiger partial charge in [0.2, 0.25) is 0 Å². The van der Waals surface area contributed by atoms with Crippen molar-refractivity contribution in [2.45, 2.75) is 25.9 Å². The van der Waals surface area contributed by atoms with Gasteiger partial charge in [-0.25, -0.2) is 4.68 Å². The Morgan fingerprint density at radius 1 is 1.53 bits per heavy atom. The Labute approximate surface area is 106 Å². The topological polar surface area (TPSA) is 64.9 Å². The zero-order valence-corrected chi connectivity index (χ0v) is 11.5. The molecular formula is C10H21N5OS. The minimum absolute atomic E-state index is 0.344. The van der Waals surface area contributed by atoms with E-state index in [-0.39, 0.29) is 0 Å². The summed E-state index contributed by atoms with van der Waals surface area (Å²) in [5.74, 6) is 2.01. The van der Waals surface area contributed by atoms with E-state index in [9.17, 15) is 0 Å². The highest BCUT2D eigenvalue weighted by molar-refractivity contribution is 7.98. The zero-order valence-electron chi connectivity index (χ0n) is 10.7. The average Bonchev–Trinajstić information content (AvgIpc) is 2.80. The first-order valence-corrected chi connectivity index (χ1v) is 7.14. The number of nitrogens with one attached hydrogen (secondary N) is 1. The second kappa shape index (κ2) is 8.43. The van der Waals surface area contributed by atoms with Crippen LogP contribution in [0.4, 0.5) is 0 Å². The van der Waals surface area contributed by atoms with Crippen LogP contribution < -0.4 is 5.32 Å². The molecule has 1 heterocycles. The number of nitrogens with zero attached hydrogens (tertiary/aromatic N) is 4. The van der Waals surface area contributed by atoms with Gasteiger partial charge >= 0.3 is 0 Å². The van der Waals surface area contributed by atoms with Gasteiger partial charge in [0, 0.05) is 13.7 Å². The molecule has 1 aromatic heterocycles.